The van der Waals surface area contributed by atoms with Crippen molar-refractivity contribution in [3.63, 3.8) is 0 Å². The topological polar surface area (TPSA) is 67.8 Å². The van der Waals surface area contributed by atoms with Crippen LogP contribution < -0.4 is 9.64 Å². The molecule has 7 nitrogen and oxygen atoms in total. The number of carbonyl (C=O) groups is 1. The summed E-state index contributed by atoms with van der Waals surface area (Å²) in [7, 11) is 1.67. The predicted molar refractivity (Wildman–Crippen MR) is 123 cm³/mol. The van der Waals surface area contributed by atoms with Crippen molar-refractivity contribution in [3.05, 3.63) is 53.2 Å². The molecule has 2 aromatic heterocycles. The van der Waals surface area contributed by atoms with Crippen LogP contribution in [0.5, 0.6) is 5.75 Å². The smallest absolute Gasteiger partial charge is 0.254 e. The lowest BCUT2D eigenvalue weighted by atomic mass is 9.97. The number of thiophene rings is 1. The molecule has 3 aromatic rings. The molecule has 1 aromatic carbocycles. The minimum atomic E-state index is 0.0638. The molecule has 0 unspecified atom stereocenters. The second-order valence-electron chi connectivity index (χ2n) is 8.59. The number of fused-ring (bicyclic) bond motifs is 2. The van der Waals surface area contributed by atoms with Gasteiger partial charge in [-0.1, -0.05) is 6.07 Å². The van der Waals surface area contributed by atoms with Crippen molar-refractivity contribution in [2.45, 2.75) is 18.3 Å². The van der Waals surface area contributed by atoms with Gasteiger partial charge in [0.25, 0.3) is 5.91 Å². The molecule has 0 radical (unpaired) electrons. The van der Waals surface area contributed by atoms with E-state index in [2.05, 4.69) is 11.0 Å². The summed E-state index contributed by atoms with van der Waals surface area (Å²) in [6.45, 7) is 3.34. The second kappa shape index (κ2) is 7.56. The first kappa shape index (κ1) is 19.7. The van der Waals surface area contributed by atoms with Crippen LogP contribution in [0, 0.1) is 0 Å². The zero-order chi connectivity index (χ0) is 21.7. The molecular weight excluding hydrogens is 424 g/mol. The SMILES string of the molecule is COc1ccsc1-c1cnc(N2CC3(CC3)c3ccc(C(=O)N4CCOCC4)cc32)nc1. The number of morpholine rings is 1. The molecule has 1 saturated heterocycles. The summed E-state index contributed by atoms with van der Waals surface area (Å²) in [6, 6.07) is 8.10. The van der Waals surface area contributed by atoms with E-state index in [1.165, 1.54) is 5.56 Å². The highest BCUT2D eigenvalue weighted by molar-refractivity contribution is 7.14. The Morgan fingerprint density at radius 2 is 1.94 bits per heavy atom. The average Bonchev–Trinajstić information content (AvgIpc) is 3.34. The fraction of sp³-hybridized carbons (Fsp3) is 0.375. The number of nitrogens with zero attached hydrogens (tertiary/aromatic N) is 4. The molecule has 0 N–H and O–H groups in total. The summed E-state index contributed by atoms with van der Waals surface area (Å²) in [4.78, 5) is 27.5. The highest BCUT2D eigenvalue weighted by Crippen LogP contribution is 2.57. The van der Waals surface area contributed by atoms with Crippen molar-refractivity contribution in [1.82, 2.24) is 14.9 Å². The number of benzene rings is 1. The molecule has 1 spiro atoms. The van der Waals surface area contributed by atoms with E-state index in [0.29, 0.717) is 37.8 Å². The fourth-order valence-electron chi connectivity index (χ4n) is 4.76. The molecule has 2 fully saturated rings. The van der Waals surface area contributed by atoms with E-state index in [-0.39, 0.29) is 11.3 Å². The summed E-state index contributed by atoms with van der Waals surface area (Å²) in [6.07, 6.45) is 6.05. The number of anilines is 2. The molecule has 0 bridgehead atoms. The van der Waals surface area contributed by atoms with Gasteiger partial charge in [-0.3, -0.25) is 4.79 Å². The number of rotatable bonds is 4. The monoisotopic (exact) mass is 448 g/mol. The average molecular weight is 449 g/mol. The van der Waals surface area contributed by atoms with Crippen LogP contribution in [0.2, 0.25) is 0 Å². The molecule has 0 atom stereocenters. The summed E-state index contributed by atoms with van der Waals surface area (Å²) in [5.74, 6) is 1.57. The van der Waals surface area contributed by atoms with Crippen molar-refractivity contribution >= 4 is 28.9 Å². The minimum Gasteiger partial charge on any atom is -0.495 e. The van der Waals surface area contributed by atoms with E-state index in [4.69, 9.17) is 19.4 Å². The predicted octanol–water partition coefficient (Wildman–Crippen LogP) is 3.87. The molecule has 164 valence electrons. The Bertz CT molecular complexity index is 1170. The van der Waals surface area contributed by atoms with Crippen LogP contribution in [0.3, 0.4) is 0 Å². The van der Waals surface area contributed by atoms with Crippen LogP contribution in [0.25, 0.3) is 10.4 Å². The van der Waals surface area contributed by atoms with Gasteiger partial charge in [-0.15, -0.1) is 11.3 Å². The lowest BCUT2D eigenvalue weighted by molar-refractivity contribution is 0.0303. The van der Waals surface area contributed by atoms with Crippen molar-refractivity contribution < 1.29 is 14.3 Å². The zero-order valence-corrected chi connectivity index (χ0v) is 18.7. The third-order valence-electron chi connectivity index (χ3n) is 6.71. The molecule has 2 aliphatic heterocycles. The third kappa shape index (κ3) is 3.17. The van der Waals surface area contributed by atoms with Gasteiger partial charge in [0.05, 0.1) is 25.2 Å². The molecule has 6 rings (SSSR count). The van der Waals surface area contributed by atoms with Gasteiger partial charge in [0.1, 0.15) is 5.75 Å². The number of hydrogen-bond donors (Lipinski definition) is 0. The fourth-order valence-corrected chi connectivity index (χ4v) is 5.60. The number of aromatic nitrogens is 2. The Labute approximate surface area is 190 Å². The highest BCUT2D eigenvalue weighted by Gasteiger charge is 2.52. The Kier molecular flexibility index (Phi) is 4.66. The first-order chi connectivity index (χ1) is 15.7. The maximum absolute atomic E-state index is 13.1. The Morgan fingerprint density at radius 3 is 2.66 bits per heavy atom. The van der Waals surface area contributed by atoms with E-state index in [0.717, 1.165) is 41.3 Å². The number of ether oxygens (including phenoxy) is 2. The van der Waals surface area contributed by atoms with Gasteiger partial charge >= 0.3 is 0 Å². The van der Waals surface area contributed by atoms with Crippen molar-refractivity contribution in [2.24, 2.45) is 0 Å². The van der Waals surface area contributed by atoms with Crippen LogP contribution in [0.15, 0.2) is 42.0 Å². The van der Waals surface area contributed by atoms with Crippen LogP contribution >= 0.6 is 11.3 Å². The Hall–Kier alpha value is -2.97. The quantitative estimate of drug-likeness (QED) is 0.604. The van der Waals surface area contributed by atoms with Crippen LogP contribution in [-0.2, 0) is 10.2 Å². The van der Waals surface area contributed by atoms with Gasteiger partial charge in [0.2, 0.25) is 5.95 Å². The van der Waals surface area contributed by atoms with Gasteiger partial charge in [-0.2, -0.15) is 0 Å². The summed E-state index contributed by atoms with van der Waals surface area (Å²) in [5.41, 5.74) is 4.20. The van der Waals surface area contributed by atoms with E-state index < -0.39 is 0 Å². The maximum Gasteiger partial charge on any atom is 0.254 e. The molecule has 8 heteroatoms. The van der Waals surface area contributed by atoms with Gasteiger partial charge in [-0.05, 0) is 42.0 Å². The van der Waals surface area contributed by atoms with E-state index in [1.807, 2.05) is 40.9 Å². The number of hydrogen-bond acceptors (Lipinski definition) is 7. The first-order valence-corrected chi connectivity index (χ1v) is 11.8. The summed E-state index contributed by atoms with van der Waals surface area (Å²) in [5, 5.41) is 2.00. The van der Waals surface area contributed by atoms with Crippen LogP contribution in [-0.4, -0.2) is 60.7 Å². The maximum atomic E-state index is 13.1. The summed E-state index contributed by atoms with van der Waals surface area (Å²) < 4.78 is 10.8. The van der Waals surface area contributed by atoms with Crippen LogP contribution in [0.4, 0.5) is 11.6 Å². The molecule has 1 aliphatic carbocycles. The lowest BCUT2D eigenvalue weighted by Gasteiger charge is -2.27. The van der Waals surface area contributed by atoms with Gasteiger partial charge in [0, 0.05) is 54.3 Å². The molecule has 1 amide bonds. The van der Waals surface area contributed by atoms with Crippen molar-refractivity contribution in [3.8, 4) is 16.2 Å². The van der Waals surface area contributed by atoms with Crippen molar-refractivity contribution in [2.75, 3.05) is 44.9 Å². The summed E-state index contributed by atoms with van der Waals surface area (Å²) >= 11 is 1.61. The molecule has 4 heterocycles. The van der Waals surface area contributed by atoms with Crippen molar-refractivity contribution in [1.29, 1.82) is 0 Å². The van der Waals surface area contributed by atoms with Crippen LogP contribution in [0.1, 0.15) is 28.8 Å². The standard InChI is InChI=1S/C24H24N4O3S/c1-30-20-4-11-32-21(20)17-13-25-23(26-14-17)28-15-24(5-6-24)18-3-2-16(12-19(18)28)22(29)27-7-9-31-10-8-27/h2-4,11-14H,5-10,15H2,1H3. The highest BCUT2D eigenvalue weighted by atomic mass is 32.1. The molecule has 1 saturated carbocycles. The third-order valence-corrected chi connectivity index (χ3v) is 7.66. The molecule has 3 aliphatic rings. The molecule has 32 heavy (non-hydrogen) atoms. The first-order valence-electron chi connectivity index (χ1n) is 10.9. The minimum absolute atomic E-state index is 0.0638. The van der Waals surface area contributed by atoms with Gasteiger partial charge in [-0.25, -0.2) is 9.97 Å². The normalized spacial score (nSPS) is 18.7. The van der Waals surface area contributed by atoms with Gasteiger partial charge in [0.15, 0.2) is 0 Å². The number of carbonyl (C=O) groups excluding carboxylic acids is 1. The molecular formula is C24H24N4O3S. The second-order valence-corrected chi connectivity index (χ2v) is 9.51. The van der Waals surface area contributed by atoms with E-state index >= 15 is 0 Å². The zero-order valence-electron chi connectivity index (χ0n) is 17.9. The number of amides is 1. The largest absolute Gasteiger partial charge is 0.495 e. The lowest BCUT2D eigenvalue weighted by Crippen LogP contribution is -2.40. The van der Waals surface area contributed by atoms with E-state index in [1.54, 1.807) is 18.4 Å². The number of methoxy groups -OCH3 is 1. The Morgan fingerprint density at radius 1 is 1.16 bits per heavy atom. The Balaban J connectivity index is 1.32. The van der Waals surface area contributed by atoms with Gasteiger partial charge < -0.3 is 19.3 Å². The van der Waals surface area contributed by atoms with E-state index in [9.17, 15) is 4.79 Å².